The summed E-state index contributed by atoms with van der Waals surface area (Å²) in [4.78, 5) is 15.7. The van der Waals surface area contributed by atoms with Gasteiger partial charge in [0.1, 0.15) is 5.75 Å². The van der Waals surface area contributed by atoms with Crippen LogP contribution >= 0.6 is 0 Å². The monoisotopic (exact) mass is 259 g/mol. The van der Waals surface area contributed by atoms with E-state index in [1.165, 1.54) is 0 Å². The first kappa shape index (κ1) is 13.7. The lowest BCUT2D eigenvalue weighted by Gasteiger charge is -2.10. The van der Waals surface area contributed by atoms with Crippen LogP contribution in [0, 0.1) is 5.92 Å². The maximum atomic E-state index is 12.5. The summed E-state index contributed by atoms with van der Waals surface area (Å²) < 4.78 is 5.64. The zero-order chi connectivity index (χ0) is 13.8. The highest BCUT2D eigenvalue weighted by Gasteiger charge is 2.20. The largest absolute Gasteiger partial charge is 0.493 e. The molecule has 2 aromatic rings. The van der Waals surface area contributed by atoms with Crippen LogP contribution in [0.4, 0.5) is 0 Å². The number of nitrogens with one attached hydrogen (secondary N) is 1. The highest BCUT2D eigenvalue weighted by Crippen LogP contribution is 2.30. The molecule has 0 amide bonds. The maximum absolute atomic E-state index is 12.5. The summed E-state index contributed by atoms with van der Waals surface area (Å²) in [5.41, 5.74) is 1.71. The SMILES string of the molecule is CCCC(C)C(=O)c1c[nH]c2cccc(OCC)c12. The number of H-pyrrole nitrogens is 1. The Bertz CT molecular complexity index is 571. The third-order valence-corrected chi connectivity index (χ3v) is 3.40. The molecule has 1 N–H and O–H groups in total. The molecule has 0 spiro atoms. The molecule has 1 aromatic heterocycles. The topological polar surface area (TPSA) is 42.1 Å². The second kappa shape index (κ2) is 5.91. The van der Waals surface area contributed by atoms with E-state index in [2.05, 4.69) is 11.9 Å². The Morgan fingerprint density at radius 3 is 2.84 bits per heavy atom. The first-order chi connectivity index (χ1) is 9.19. The number of ketones is 1. The average molecular weight is 259 g/mol. The Morgan fingerprint density at radius 2 is 2.16 bits per heavy atom. The van der Waals surface area contributed by atoms with Gasteiger partial charge in [0.05, 0.1) is 12.0 Å². The van der Waals surface area contributed by atoms with Gasteiger partial charge in [-0.25, -0.2) is 0 Å². The Kier molecular flexibility index (Phi) is 4.25. The summed E-state index contributed by atoms with van der Waals surface area (Å²) in [6, 6.07) is 5.83. The third kappa shape index (κ3) is 2.65. The molecule has 0 aliphatic heterocycles. The van der Waals surface area contributed by atoms with Gasteiger partial charge in [0, 0.05) is 23.2 Å². The molecule has 1 heterocycles. The molecule has 3 heteroatoms. The minimum absolute atomic E-state index is 0.0543. The predicted octanol–water partition coefficient (Wildman–Crippen LogP) is 4.19. The van der Waals surface area contributed by atoms with Gasteiger partial charge in [-0.05, 0) is 25.5 Å². The summed E-state index contributed by atoms with van der Waals surface area (Å²) in [6.07, 6.45) is 3.75. The second-order valence-corrected chi connectivity index (χ2v) is 4.87. The molecule has 0 aliphatic carbocycles. The number of carbonyl (C=O) groups is 1. The van der Waals surface area contributed by atoms with E-state index in [4.69, 9.17) is 4.74 Å². The van der Waals surface area contributed by atoms with Crippen molar-refractivity contribution >= 4 is 16.7 Å². The smallest absolute Gasteiger partial charge is 0.167 e. The molecule has 1 unspecified atom stereocenters. The number of carbonyl (C=O) groups excluding carboxylic acids is 1. The summed E-state index contributed by atoms with van der Waals surface area (Å²) in [5, 5.41) is 0.914. The zero-order valence-corrected chi connectivity index (χ0v) is 11.8. The lowest BCUT2D eigenvalue weighted by molar-refractivity contribution is 0.0925. The first-order valence-corrected chi connectivity index (χ1v) is 6.96. The van der Waals surface area contributed by atoms with E-state index >= 15 is 0 Å². The molecule has 0 saturated carbocycles. The van der Waals surface area contributed by atoms with Crippen LogP contribution < -0.4 is 4.74 Å². The Balaban J connectivity index is 2.46. The summed E-state index contributed by atoms with van der Waals surface area (Å²) in [6.45, 7) is 6.65. The highest BCUT2D eigenvalue weighted by atomic mass is 16.5. The van der Waals surface area contributed by atoms with Gasteiger partial charge in [-0.15, -0.1) is 0 Å². The van der Waals surface area contributed by atoms with Crippen LogP contribution in [0.15, 0.2) is 24.4 Å². The molecule has 0 bridgehead atoms. The van der Waals surface area contributed by atoms with Crippen molar-refractivity contribution in [2.75, 3.05) is 6.61 Å². The normalized spacial score (nSPS) is 12.6. The molecule has 3 nitrogen and oxygen atoms in total. The van der Waals surface area contributed by atoms with Crippen molar-refractivity contribution in [2.45, 2.75) is 33.6 Å². The van der Waals surface area contributed by atoms with Crippen molar-refractivity contribution < 1.29 is 9.53 Å². The molecule has 1 aromatic carbocycles. The molecule has 0 radical (unpaired) electrons. The van der Waals surface area contributed by atoms with Crippen molar-refractivity contribution in [1.82, 2.24) is 4.98 Å². The number of fused-ring (bicyclic) bond motifs is 1. The fourth-order valence-corrected chi connectivity index (χ4v) is 2.45. The number of hydrogen-bond acceptors (Lipinski definition) is 2. The number of aromatic amines is 1. The number of benzene rings is 1. The van der Waals surface area contributed by atoms with Crippen molar-refractivity contribution in [2.24, 2.45) is 5.92 Å². The fraction of sp³-hybridized carbons (Fsp3) is 0.438. The molecule has 0 fully saturated rings. The van der Waals surface area contributed by atoms with Crippen LogP contribution in [-0.2, 0) is 0 Å². The molecule has 0 aliphatic rings. The van der Waals surface area contributed by atoms with E-state index in [-0.39, 0.29) is 11.7 Å². The Hall–Kier alpha value is -1.77. The van der Waals surface area contributed by atoms with Crippen LogP contribution in [0.5, 0.6) is 5.75 Å². The van der Waals surface area contributed by atoms with Crippen LogP contribution in [-0.4, -0.2) is 17.4 Å². The van der Waals surface area contributed by atoms with Gasteiger partial charge in [-0.1, -0.05) is 26.3 Å². The number of aromatic nitrogens is 1. The number of Topliss-reactive ketones (excluding diaryl/α,β-unsaturated/α-hetero) is 1. The van der Waals surface area contributed by atoms with Gasteiger partial charge in [0.15, 0.2) is 5.78 Å². The van der Waals surface area contributed by atoms with Crippen LogP contribution in [0.1, 0.15) is 44.0 Å². The van der Waals surface area contributed by atoms with Crippen LogP contribution in [0.2, 0.25) is 0 Å². The van der Waals surface area contributed by atoms with Crippen molar-refractivity contribution in [3.05, 3.63) is 30.0 Å². The fourth-order valence-electron chi connectivity index (χ4n) is 2.45. The third-order valence-electron chi connectivity index (χ3n) is 3.40. The number of hydrogen-bond donors (Lipinski definition) is 1. The van der Waals surface area contributed by atoms with Crippen molar-refractivity contribution in [3.63, 3.8) is 0 Å². The van der Waals surface area contributed by atoms with Gasteiger partial charge < -0.3 is 9.72 Å². The molecule has 19 heavy (non-hydrogen) atoms. The van der Waals surface area contributed by atoms with Crippen molar-refractivity contribution in [1.29, 1.82) is 0 Å². The number of ether oxygens (including phenoxy) is 1. The number of rotatable bonds is 6. The molecular weight excluding hydrogens is 238 g/mol. The minimum atomic E-state index is 0.0543. The Labute approximate surface area is 114 Å². The first-order valence-electron chi connectivity index (χ1n) is 6.96. The van der Waals surface area contributed by atoms with E-state index < -0.39 is 0 Å². The van der Waals surface area contributed by atoms with Crippen molar-refractivity contribution in [3.8, 4) is 5.75 Å². The van der Waals surface area contributed by atoms with E-state index in [9.17, 15) is 4.79 Å². The highest BCUT2D eigenvalue weighted by molar-refractivity contribution is 6.10. The predicted molar refractivity (Wildman–Crippen MR) is 77.9 cm³/mol. The van der Waals surface area contributed by atoms with Gasteiger partial charge in [0.2, 0.25) is 0 Å². The van der Waals surface area contributed by atoms with E-state index in [1.807, 2.05) is 38.2 Å². The van der Waals surface area contributed by atoms with Gasteiger partial charge >= 0.3 is 0 Å². The van der Waals surface area contributed by atoms with E-state index in [0.717, 1.165) is 35.1 Å². The quantitative estimate of drug-likeness (QED) is 0.790. The van der Waals surface area contributed by atoms with Gasteiger partial charge in [-0.2, -0.15) is 0 Å². The molecule has 2 rings (SSSR count). The van der Waals surface area contributed by atoms with E-state index in [1.54, 1.807) is 0 Å². The lowest BCUT2D eigenvalue weighted by atomic mass is 9.95. The standard InChI is InChI=1S/C16H21NO2/c1-4-7-11(3)16(18)12-10-17-13-8-6-9-14(15(12)13)19-5-2/h6,8-11,17H,4-5,7H2,1-3H3. The maximum Gasteiger partial charge on any atom is 0.167 e. The van der Waals surface area contributed by atoms with Gasteiger partial charge in [-0.3, -0.25) is 4.79 Å². The Morgan fingerprint density at radius 1 is 1.37 bits per heavy atom. The molecule has 102 valence electrons. The molecule has 1 atom stereocenters. The van der Waals surface area contributed by atoms with E-state index in [0.29, 0.717) is 6.61 Å². The summed E-state index contributed by atoms with van der Waals surface area (Å²) in [5.74, 6) is 1.03. The van der Waals surface area contributed by atoms with Crippen LogP contribution in [0.3, 0.4) is 0 Å². The second-order valence-electron chi connectivity index (χ2n) is 4.87. The average Bonchev–Trinajstić information content (AvgIpc) is 2.83. The molecule has 0 saturated heterocycles. The zero-order valence-electron chi connectivity index (χ0n) is 11.8. The minimum Gasteiger partial charge on any atom is -0.493 e. The van der Waals surface area contributed by atoms with Gasteiger partial charge in [0.25, 0.3) is 0 Å². The summed E-state index contributed by atoms with van der Waals surface area (Å²) >= 11 is 0. The van der Waals surface area contributed by atoms with Crippen LogP contribution in [0.25, 0.3) is 10.9 Å². The molecular formula is C16H21NO2. The lowest BCUT2D eigenvalue weighted by Crippen LogP contribution is -2.10. The summed E-state index contributed by atoms with van der Waals surface area (Å²) in [7, 11) is 0.